The molecule has 5 fully saturated rings. The minimum absolute atomic E-state index is 0.0269. The number of H-pyrrole nitrogens is 1. The van der Waals surface area contributed by atoms with Crippen LogP contribution in [0.1, 0.15) is 54.7 Å². The van der Waals surface area contributed by atoms with Crippen LogP contribution in [0.15, 0.2) is 11.0 Å². The Morgan fingerprint density at radius 1 is 1.26 bits per heavy atom. The Morgan fingerprint density at radius 3 is 2.52 bits per heavy atom. The number of nitrogens with one attached hydrogen (secondary N) is 1. The molecule has 7 nitrogen and oxygen atoms in total. The second kappa shape index (κ2) is 6.41. The lowest BCUT2D eigenvalue weighted by Crippen LogP contribution is -2.51. The first-order valence-electron chi connectivity index (χ1n) is 10.3. The number of carbonyl (C=O) groups is 1. The summed E-state index contributed by atoms with van der Waals surface area (Å²) in [4.78, 5) is 34.9. The number of nitrogens with two attached hydrogens (primary N) is 1. The average Bonchev–Trinajstić information content (AvgIpc) is 2.66. The van der Waals surface area contributed by atoms with Gasteiger partial charge in [0.1, 0.15) is 11.4 Å². The van der Waals surface area contributed by atoms with Gasteiger partial charge in [0, 0.05) is 31.2 Å². The van der Waals surface area contributed by atoms with Crippen LogP contribution in [0.3, 0.4) is 0 Å². The third kappa shape index (κ3) is 2.91. The molecule has 1 amide bonds. The standard InChI is InChI=1S/C20H28N4O3/c21-9-15-11-24(1-2-27-15)18(26)16-10-22-19(23-17(16)25)20-6-12-3-13(7-20)5-14(4-12)8-20/h10,12-15H,1-9,11,21H2,(H,22,23,25)/t12?,13?,14?,15-,20?/m0/s1. The van der Waals surface area contributed by atoms with Crippen molar-refractivity contribution in [3.05, 3.63) is 27.9 Å². The summed E-state index contributed by atoms with van der Waals surface area (Å²) in [5, 5.41) is 0. The Labute approximate surface area is 158 Å². The van der Waals surface area contributed by atoms with Crippen LogP contribution in [-0.4, -0.2) is 53.1 Å². The Hall–Kier alpha value is -1.73. The van der Waals surface area contributed by atoms with Gasteiger partial charge in [0.2, 0.25) is 0 Å². The Kier molecular flexibility index (Phi) is 4.13. The SMILES string of the molecule is NC[C@H]1CN(C(=O)c2cnc(C34CC5CC(CC(C5)C3)C4)[nH]c2=O)CCO1. The van der Waals surface area contributed by atoms with E-state index >= 15 is 0 Å². The minimum atomic E-state index is -0.309. The minimum Gasteiger partial charge on any atom is -0.373 e. The van der Waals surface area contributed by atoms with Crippen molar-refractivity contribution >= 4 is 5.91 Å². The molecule has 3 N–H and O–H groups in total. The first-order valence-corrected chi connectivity index (χ1v) is 10.3. The predicted molar refractivity (Wildman–Crippen MR) is 99.4 cm³/mol. The molecule has 6 rings (SSSR count). The maximum absolute atomic E-state index is 12.8. The Balaban J connectivity index is 1.40. The van der Waals surface area contributed by atoms with Gasteiger partial charge in [-0.2, -0.15) is 0 Å². The van der Waals surface area contributed by atoms with Crippen molar-refractivity contribution < 1.29 is 9.53 Å². The number of aromatic nitrogens is 2. The molecule has 7 heteroatoms. The average molecular weight is 372 g/mol. The van der Waals surface area contributed by atoms with Gasteiger partial charge in [-0.3, -0.25) is 9.59 Å². The number of aromatic amines is 1. The van der Waals surface area contributed by atoms with Crippen LogP contribution in [-0.2, 0) is 10.2 Å². The number of hydrogen-bond donors (Lipinski definition) is 2. The zero-order valence-corrected chi connectivity index (χ0v) is 15.7. The molecule has 4 bridgehead atoms. The van der Waals surface area contributed by atoms with Crippen molar-refractivity contribution in [1.29, 1.82) is 0 Å². The summed E-state index contributed by atoms with van der Waals surface area (Å²) in [5.41, 5.74) is 5.50. The molecular formula is C20H28N4O3. The summed E-state index contributed by atoms with van der Waals surface area (Å²) < 4.78 is 5.51. The van der Waals surface area contributed by atoms with Crippen molar-refractivity contribution in [3.8, 4) is 0 Å². The lowest BCUT2D eigenvalue weighted by atomic mass is 9.49. The van der Waals surface area contributed by atoms with E-state index in [1.165, 1.54) is 25.5 Å². The molecule has 2 heterocycles. The van der Waals surface area contributed by atoms with Gasteiger partial charge < -0.3 is 20.4 Å². The number of hydrogen-bond acceptors (Lipinski definition) is 5. The number of ether oxygens (including phenoxy) is 1. The quantitative estimate of drug-likeness (QED) is 0.825. The van der Waals surface area contributed by atoms with E-state index in [-0.39, 0.29) is 28.5 Å². The Morgan fingerprint density at radius 2 is 1.93 bits per heavy atom. The molecule has 5 aliphatic rings. The fourth-order valence-electron chi connectivity index (χ4n) is 6.43. The van der Waals surface area contributed by atoms with Crippen LogP contribution in [0.25, 0.3) is 0 Å². The van der Waals surface area contributed by atoms with E-state index < -0.39 is 0 Å². The van der Waals surface area contributed by atoms with Crippen molar-refractivity contribution in [1.82, 2.24) is 14.9 Å². The molecule has 1 atom stereocenters. The monoisotopic (exact) mass is 372 g/mol. The molecule has 1 aliphatic heterocycles. The third-order valence-corrected chi connectivity index (χ3v) is 7.26. The van der Waals surface area contributed by atoms with Gasteiger partial charge in [0.15, 0.2) is 0 Å². The highest BCUT2D eigenvalue weighted by Crippen LogP contribution is 2.59. The first-order chi connectivity index (χ1) is 13.1. The highest BCUT2D eigenvalue weighted by Gasteiger charge is 2.53. The highest BCUT2D eigenvalue weighted by atomic mass is 16.5. The molecule has 0 unspecified atom stereocenters. The molecule has 4 aliphatic carbocycles. The largest absolute Gasteiger partial charge is 0.373 e. The topological polar surface area (TPSA) is 101 Å². The maximum Gasteiger partial charge on any atom is 0.263 e. The van der Waals surface area contributed by atoms with Gasteiger partial charge in [-0.05, 0) is 56.3 Å². The predicted octanol–water partition coefficient (Wildman–Crippen LogP) is 1.04. The summed E-state index contributed by atoms with van der Waals surface area (Å²) in [5.74, 6) is 2.88. The molecule has 146 valence electrons. The van der Waals surface area contributed by atoms with E-state index in [2.05, 4.69) is 9.97 Å². The number of carbonyl (C=O) groups excluding carboxylic acids is 1. The van der Waals surface area contributed by atoms with E-state index in [0.717, 1.165) is 42.8 Å². The zero-order valence-electron chi connectivity index (χ0n) is 15.7. The molecule has 27 heavy (non-hydrogen) atoms. The summed E-state index contributed by atoms with van der Waals surface area (Å²) in [7, 11) is 0. The van der Waals surface area contributed by atoms with E-state index in [1.54, 1.807) is 4.90 Å². The summed E-state index contributed by atoms with van der Waals surface area (Å²) in [6, 6.07) is 0. The van der Waals surface area contributed by atoms with Gasteiger partial charge in [-0.25, -0.2) is 4.98 Å². The second-order valence-electron chi connectivity index (χ2n) is 9.15. The van der Waals surface area contributed by atoms with E-state index in [1.807, 2.05) is 0 Å². The molecule has 1 aromatic rings. The Bertz CT molecular complexity index is 769. The van der Waals surface area contributed by atoms with Crippen molar-refractivity contribution in [2.24, 2.45) is 23.5 Å². The smallest absolute Gasteiger partial charge is 0.263 e. The number of amides is 1. The van der Waals surface area contributed by atoms with Crippen LogP contribution in [0.5, 0.6) is 0 Å². The van der Waals surface area contributed by atoms with Crippen molar-refractivity contribution in [2.75, 3.05) is 26.2 Å². The number of nitrogens with zero attached hydrogens (tertiary/aromatic N) is 2. The van der Waals surface area contributed by atoms with Crippen molar-refractivity contribution in [2.45, 2.75) is 50.0 Å². The van der Waals surface area contributed by atoms with Gasteiger partial charge in [0.25, 0.3) is 11.5 Å². The van der Waals surface area contributed by atoms with Crippen LogP contribution in [0, 0.1) is 17.8 Å². The van der Waals surface area contributed by atoms with E-state index in [0.29, 0.717) is 26.2 Å². The van der Waals surface area contributed by atoms with Crippen LogP contribution in [0.2, 0.25) is 0 Å². The van der Waals surface area contributed by atoms with Gasteiger partial charge in [-0.1, -0.05) is 0 Å². The summed E-state index contributed by atoms with van der Waals surface area (Å²) >= 11 is 0. The highest BCUT2D eigenvalue weighted by molar-refractivity contribution is 5.93. The molecule has 1 saturated heterocycles. The van der Waals surface area contributed by atoms with Gasteiger partial charge in [0.05, 0.1) is 12.7 Å². The molecular weight excluding hydrogens is 344 g/mol. The molecule has 0 aromatic carbocycles. The lowest BCUT2D eigenvalue weighted by Gasteiger charge is -2.56. The lowest BCUT2D eigenvalue weighted by molar-refractivity contribution is -0.0169. The zero-order chi connectivity index (χ0) is 18.6. The fraction of sp³-hybridized carbons (Fsp3) is 0.750. The van der Waals surface area contributed by atoms with Gasteiger partial charge >= 0.3 is 0 Å². The molecule has 1 aromatic heterocycles. The van der Waals surface area contributed by atoms with Crippen molar-refractivity contribution in [3.63, 3.8) is 0 Å². The fourth-order valence-corrected chi connectivity index (χ4v) is 6.43. The molecule has 0 spiro atoms. The number of rotatable bonds is 3. The normalized spacial score (nSPS) is 37.6. The maximum atomic E-state index is 12.8. The van der Waals surface area contributed by atoms with Crippen LogP contribution >= 0.6 is 0 Å². The summed E-state index contributed by atoms with van der Waals surface area (Å²) in [6.07, 6.45) is 8.78. The second-order valence-corrected chi connectivity index (χ2v) is 9.15. The van der Waals surface area contributed by atoms with Gasteiger partial charge in [-0.15, -0.1) is 0 Å². The van der Waals surface area contributed by atoms with E-state index in [9.17, 15) is 9.59 Å². The first kappa shape index (κ1) is 17.4. The van der Waals surface area contributed by atoms with Crippen LogP contribution in [0.4, 0.5) is 0 Å². The molecule has 4 saturated carbocycles. The van der Waals surface area contributed by atoms with E-state index in [4.69, 9.17) is 10.5 Å². The number of morpholine rings is 1. The molecule has 0 radical (unpaired) electrons. The summed E-state index contributed by atoms with van der Waals surface area (Å²) in [6.45, 7) is 1.71. The third-order valence-electron chi connectivity index (χ3n) is 7.26. The van der Waals surface area contributed by atoms with Crippen LogP contribution < -0.4 is 11.3 Å².